The second-order valence-electron chi connectivity index (χ2n) is 4.46. The Balaban J connectivity index is 2.35. The van der Waals surface area contributed by atoms with Crippen LogP contribution in [0.5, 0.6) is 0 Å². The molecular formula is C14H13Br2N3O. The quantitative estimate of drug-likeness (QED) is 0.801. The number of carbonyl (C=O) groups is 1. The minimum absolute atomic E-state index is 0.207. The Morgan fingerprint density at radius 2 is 1.75 bits per heavy atom. The van der Waals surface area contributed by atoms with E-state index >= 15 is 0 Å². The molecule has 0 aliphatic carbocycles. The smallest absolute Gasteiger partial charge is 0.259 e. The maximum absolute atomic E-state index is 12.3. The Labute approximate surface area is 134 Å². The summed E-state index contributed by atoms with van der Waals surface area (Å²) < 4.78 is 1.69. The van der Waals surface area contributed by atoms with Crippen molar-refractivity contribution in [2.75, 3.05) is 11.1 Å². The standard InChI is InChI=1S/C14H13Br2N3O/c1-7-3-9(15)4-8(2)12(7)19-14(20)11-5-10(16)6-18-13(11)17/h3-6H,1-2H3,(H2,17,18)(H,19,20). The number of hydrogen-bond acceptors (Lipinski definition) is 3. The first kappa shape index (κ1) is 15.0. The van der Waals surface area contributed by atoms with Crippen LogP contribution in [-0.2, 0) is 0 Å². The summed E-state index contributed by atoms with van der Waals surface area (Å²) in [7, 11) is 0. The van der Waals surface area contributed by atoms with Gasteiger partial charge in [-0.25, -0.2) is 4.98 Å². The third-order valence-electron chi connectivity index (χ3n) is 2.87. The first-order valence-corrected chi connectivity index (χ1v) is 7.46. The Morgan fingerprint density at radius 1 is 1.15 bits per heavy atom. The summed E-state index contributed by atoms with van der Waals surface area (Å²) in [5, 5.41) is 2.89. The maximum atomic E-state index is 12.3. The Kier molecular flexibility index (Phi) is 4.45. The van der Waals surface area contributed by atoms with Gasteiger partial charge >= 0.3 is 0 Å². The molecule has 0 unspecified atom stereocenters. The number of aryl methyl sites for hydroxylation is 2. The van der Waals surface area contributed by atoms with Crippen LogP contribution in [0.25, 0.3) is 0 Å². The minimum atomic E-state index is -0.273. The van der Waals surface area contributed by atoms with Gasteiger partial charge in [0.05, 0.1) is 5.56 Å². The number of nitrogen functional groups attached to an aromatic ring is 1. The predicted molar refractivity (Wildman–Crippen MR) is 87.9 cm³/mol. The molecule has 104 valence electrons. The molecule has 0 aliphatic rings. The van der Waals surface area contributed by atoms with Gasteiger partial charge in [0.25, 0.3) is 5.91 Å². The van der Waals surface area contributed by atoms with Crippen LogP contribution in [0.1, 0.15) is 21.5 Å². The maximum Gasteiger partial charge on any atom is 0.259 e. The molecule has 1 aromatic carbocycles. The van der Waals surface area contributed by atoms with E-state index in [2.05, 4.69) is 42.2 Å². The summed E-state index contributed by atoms with van der Waals surface area (Å²) in [4.78, 5) is 16.3. The van der Waals surface area contributed by atoms with Crippen LogP contribution < -0.4 is 11.1 Å². The van der Waals surface area contributed by atoms with Crippen molar-refractivity contribution in [1.82, 2.24) is 4.98 Å². The van der Waals surface area contributed by atoms with Gasteiger partial charge in [-0.2, -0.15) is 0 Å². The molecule has 0 spiro atoms. The normalized spacial score (nSPS) is 10.4. The van der Waals surface area contributed by atoms with Gasteiger partial charge in [0.2, 0.25) is 0 Å². The van der Waals surface area contributed by atoms with E-state index in [1.807, 2.05) is 26.0 Å². The highest BCUT2D eigenvalue weighted by molar-refractivity contribution is 9.10. The topological polar surface area (TPSA) is 68.0 Å². The number of pyridine rings is 1. The van der Waals surface area contributed by atoms with Crippen LogP contribution in [-0.4, -0.2) is 10.9 Å². The lowest BCUT2D eigenvalue weighted by Gasteiger charge is -2.13. The van der Waals surface area contributed by atoms with E-state index in [0.29, 0.717) is 10.0 Å². The Morgan fingerprint density at radius 3 is 2.35 bits per heavy atom. The van der Waals surface area contributed by atoms with Crippen LogP contribution in [0.4, 0.5) is 11.5 Å². The fourth-order valence-corrected chi connectivity index (χ4v) is 2.94. The van der Waals surface area contributed by atoms with E-state index in [9.17, 15) is 4.79 Å². The lowest BCUT2D eigenvalue weighted by Crippen LogP contribution is -2.16. The zero-order valence-corrected chi connectivity index (χ0v) is 14.2. The van der Waals surface area contributed by atoms with Gasteiger partial charge in [0, 0.05) is 20.8 Å². The molecule has 2 aromatic rings. The van der Waals surface area contributed by atoms with Gasteiger partial charge < -0.3 is 11.1 Å². The summed E-state index contributed by atoms with van der Waals surface area (Å²) in [5.41, 5.74) is 8.84. The monoisotopic (exact) mass is 397 g/mol. The lowest BCUT2D eigenvalue weighted by molar-refractivity contribution is 0.102. The van der Waals surface area contributed by atoms with E-state index in [-0.39, 0.29) is 11.7 Å². The van der Waals surface area contributed by atoms with Crippen molar-refractivity contribution in [3.63, 3.8) is 0 Å². The molecular weight excluding hydrogens is 386 g/mol. The van der Waals surface area contributed by atoms with Crippen molar-refractivity contribution in [3.05, 3.63) is 50.0 Å². The largest absolute Gasteiger partial charge is 0.383 e. The number of nitrogens with two attached hydrogens (primary N) is 1. The number of anilines is 2. The van der Waals surface area contributed by atoms with Crippen molar-refractivity contribution < 1.29 is 4.79 Å². The third-order valence-corrected chi connectivity index (χ3v) is 3.76. The minimum Gasteiger partial charge on any atom is -0.383 e. The van der Waals surface area contributed by atoms with Crippen LogP contribution in [0, 0.1) is 13.8 Å². The number of carbonyl (C=O) groups excluding carboxylic acids is 1. The summed E-state index contributed by atoms with van der Waals surface area (Å²) >= 11 is 6.71. The van der Waals surface area contributed by atoms with Gasteiger partial charge in [0.1, 0.15) is 5.82 Å². The third kappa shape index (κ3) is 3.19. The number of aromatic nitrogens is 1. The van der Waals surface area contributed by atoms with E-state index in [1.54, 1.807) is 12.3 Å². The second kappa shape index (κ2) is 5.93. The molecule has 6 heteroatoms. The Bertz CT molecular complexity index is 663. The fraction of sp³-hybridized carbons (Fsp3) is 0.143. The van der Waals surface area contributed by atoms with Crippen molar-refractivity contribution in [3.8, 4) is 0 Å². The molecule has 0 saturated carbocycles. The molecule has 0 saturated heterocycles. The number of halogens is 2. The first-order chi connectivity index (χ1) is 9.38. The van der Waals surface area contributed by atoms with E-state index < -0.39 is 0 Å². The fourth-order valence-electron chi connectivity index (χ4n) is 1.92. The SMILES string of the molecule is Cc1cc(Br)cc(C)c1NC(=O)c1cc(Br)cnc1N. The molecule has 0 aliphatic heterocycles. The highest BCUT2D eigenvalue weighted by Crippen LogP contribution is 2.26. The van der Waals surface area contributed by atoms with Gasteiger partial charge in [-0.3, -0.25) is 4.79 Å². The molecule has 1 amide bonds. The van der Waals surface area contributed by atoms with Gasteiger partial charge in [-0.15, -0.1) is 0 Å². The average Bonchev–Trinajstić information content (AvgIpc) is 2.36. The summed E-state index contributed by atoms with van der Waals surface area (Å²) in [5.74, 6) is -0.0667. The average molecular weight is 399 g/mol. The molecule has 2 rings (SSSR count). The van der Waals surface area contributed by atoms with Crippen molar-refractivity contribution in [2.24, 2.45) is 0 Å². The number of nitrogens with zero attached hydrogens (tertiary/aromatic N) is 1. The van der Waals surface area contributed by atoms with E-state index in [1.165, 1.54) is 0 Å². The highest BCUT2D eigenvalue weighted by atomic mass is 79.9. The number of hydrogen-bond donors (Lipinski definition) is 2. The second-order valence-corrected chi connectivity index (χ2v) is 6.29. The Hall–Kier alpha value is -1.40. The first-order valence-electron chi connectivity index (χ1n) is 5.87. The van der Waals surface area contributed by atoms with Crippen molar-refractivity contribution in [2.45, 2.75) is 13.8 Å². The zero-order valence-electron chi connectivity index (χ0n) is 11.0. The predicted octanol–water partition coefficient (Wildman–Crippen LogP) is 4.06. The van der Waals surface area contributed by atoms with Crippen LogP contribution >= 0.6 is 31.9 Å². The molecule has 1 aromatic heterocycles. The van der Waals surface area contributed by atoms with Crippen LogP contribution in [0.3, 0.4) is 0 Å². The summed E-state index contributed by atoms with van der Waals surface area (Å²) in [6, 6.07) is 5.55. The van der Waals surface area contributed by atoms with Crippen LogP contribution in [0.15, 0.2) is 33.3 Å². The molecule has 0 bridgehead atoms. The van der Waals surface area contributed by atoms with Crippen molar-refractivity contribution >= 4 is 49.3 Å². The zero-order chi connectivity index (χ0) is 14.9. The molecule has 0 radical (unpaired) electrons. The summed E-state index contributed by atoms with van der Waals surface area (Å²) in [6.07, 6.45) is 1.56. The number of rotatable bonds is 2. The summed E-state index contributed by atoms with van der Waals surface area (Å²) in [6.45, 7) is 3.88. The molecule has 20 heavy (non-hydrogen) atoms. The van der Waals surface area contributed by atoms with Gasteiger partial charge in [-0.1, -0.05) is 15.9 Å². The van der Waals surface area contributed by atoms with E-state index in [0.717, 1.165) is 21.3 Å². The molecule has 3 N–H and O–H groups in total. The molecule has 4 nitrogen and oxygen atoms in total. The highest BCUT2D eigenvalue weighted by Gasteiger charge is 2.14. The lowest BCUT2D eigenvalue weighted by atomic mass is 10.1. The van der Waals surface area contributed by atoms with Gasteiger partial charge in [0.15, 0.2) is 0 Å². The molecule has 0 fully saturated rings. The molecule has 1 heterocycles. The number of nitrogens with one attached hydrogen (secondary N) is 1. The number of benzene rings is 1. The van der Waals surface area contributed by atoms with Crippen LogP contribution in [0.2, 0.25) is 0 Å². The molecule has 0 atom stereocenters. The number of amides is 1. The van der Waals surface area contributed by atoms with E-state index in [4.69, 9.17) is 5.73 Å². The van der Waals surface area contributed by atoms with Gasteiger partial charge in [-0.05, 0) is 59.1 Å². The van der Waals surface area contributed by atoms with Crippen molar-refractivity contribution in [1.29, 1.82) is 0 Å².